The highest BCUT2D eigenvalue weighted by Crippen LogP contribution is 2.38. The molecule has 4 nitrogen and oxygen atoms in total. The molecule has 27 heavy (non-hydrogen) atoms. The second-order valence-electron chi connectivity index (χ2n) is 7.92. The van der Waals surface area contributed by atoms with Crippen molar-refractivity contribution in [1.29, 1.82) is 0 Å². The Kier molecular flexibility index (Phi) is 5.05. The van der Waals surface area contributed by atoms with Crippen molar-refractivity contribution in [3.8, 4) is 11.1 Å². The maximum atomic E-state index is 12.8. The number of hydrogen-bond acceptors (Lipinski definition) is 5. The molecule has 2 saturated heterocycles. The van der Waals surface area contributed by atoms with Gasteiger partial charge in [0.25, 0.3) is 5.56 Å². The van der Waals surface area contributed by atoms with E-state index in [0.717, 1.165) is 30.8 Å². The number of pyridine rings is 2. The maximum absolute atomic E-state index is 12.8. The minimum atomic E-state index is 0.148. The van der Waals surface area contributed by atoms with Crippen molar-refractivity contribution in [3.05, 3.63) is 52.7 Å². The largest absolute Gasteiger partial charge is 0.312 e. The molecule has 0 aromatic carbocycles. The molecule has 0 aliphatic carbocycles. The van der Waals surface area contributed by atoms with Gasteiger partial charge in [0.05, 0.1) is 0 Å². The third kappa shape index (κ3) is 3.59. The van der Waals surface area contributed by atoms with Crippen LogP contribution in [0.3, 0.4) is 0 Å². The van der Waals surface area contributed by atoms with Crippen molar-refractivity contribution >= 4 is 23.5 Å². The molecule has 6 heteroatoms. The van der Waals surface area contributed by atoms with E-state index in [9.17, 15) is 4.79 Å². The summed E-state index contributed by atoms with van der Waals surface area (Å²) in [6, 6.07) is 8.70. The molecule has 2 aromatic rings. The Morgan fingerprint density at radius 1 is 1.04 bits per heavy atom. The normalized spacial score (nSPS) is 26.4. The first-order chi connectivity index (χ1) is 13.3. The second-order valence-corrected chi connectivity index (χ2v) is 10.2. The lowest BCUT2D eigenvalue weighted by atomic mass is 9.82. The van der Waals surface area contributed by atoms with Crippen molar-refractivity contribution in [2.75, 3.05) is 36.1 Å². The lowest BCUT2D eigenvalue weighted by molar-refractivity contribution is 0.0976. The smallest absolute Gasteiger partial charge is 0.251 e. The van der Waals surface area contributed by atoms with Gasteiger partial charge in [-0.25, -0.2) is 0 Å². The fourth-order valence-electron chi connectivity index (χ4n) is 4.81. The highest BCUT2D eigenvalue weighted by molar-refractivity contribution is 8.03. The average molecular weight is 400 g/mol. The van der Waals surface area contributed by atoms with Crippen LogP contribution in [0.2, 0.25) is 0 Å². The van der Waals surface area contributed by atoms with Crippen LogP contribution < -0.4 is 5.56 Å². The fourth-order valence-corrected chi connectivity index (χ4v) is 7.44. The molecule has 3 aliphatic rings. The number of piperidine rings is 1. The predicted molar refractivity (Wildman–Crippen MR) is 115 cm³/mol. The van der Waals surface area contributed by atoms with Gasteiger partial charge >= 0.3 is 0 Å². The van der Waals surface area contributed by atoms with Crippen LogP contribution in [0.4, 0.5) is 0 Å². The number of rotatable bonds is 2. The van der Waals surface area contributed by atoms with Crippen LogP contribution in [0.5, 0.6) is 0 Å². The minimum Gasteiger partial charge on any atom is -0.312 e. The number of hydrogen-bond donors (Lipinski definition) is 0. The first kappa shape index (κ1) is 17.8. The van der Waals surface area contributed by atoms with Crippen LogP contribution >= 0.6 is 23.5 Å². The first-order valence-corrected chi connectivity index (χ1v) is 12.1. The number of fused-ring (bicyclic) bond motifs is 4. The monoisotopic (exact) mass is 399 g/mol. The van der Waals surface area contributed by atoms with Crippen LogP contribution in [0.1, 0.15) is 18.0 Å². The first-order valence-electron chi connectivity index (χ1n) is 9.82. The van der Waals surface area contributed by atoms with E-state index in [1.54, 1.807) is 12.3 Å². The maximum Gasteiger partial charge on any atom is 0.251 e. The fraction of sp³-hybridized carbons (Fsp3) is 0.524. The van der Waals surface area contributed by atoms with Gasteiger partial charge in [0, 0.05) is 84.3 Å². The SMILES string of the molecule is O=c1cc(-c2cccnc2)cc2n1C[C@H]1C[C@@H]2CN(C2CSCCSC2)C1. The molecule has 0 unspecified atom stereocenters. The zero-order valence-corrected chi connectivity index (χ0v) is 17.1. The third-order valence-electron chi connectivity index (χ3n) is 6.09. The van der Waals surface area contributed by atoms with Gasteiger partial charge < -0.3 is 4.57 Å². The Balaban J connectivity index is 1.46. The summed E-state index contributed by atoms with van der Waals surface area (Å²) in [5, 5.41) is 0. The Morgan fingerprint density at radius 3 is 2.67 bits per heavy atom. The summed E-state index contributed by atoms with van der Waals surface area (Å²) in [7, 11) is 0. The zero-order chi connectivity index (χ0) is 18.2. The summed E-state index contributed by atoms with van der Waals surface area (Å²) >= 11 is 4.22. The van der Waals surface area contributed by atoms with E-state index in [2.05, 4.69) is 39.5 Å². The molecule has 142 valence electrons. The summed E-state index contributed by atoms with van der Waals surface area (Å²) in [4.78, 5) is 19.8. The Bertz CT molecular complexity index is 861. The van der Waals surface area contributed by atoms with Crippen molar-refractivity contribution in [2.45, 2.75) is 24.9 Å². The van der Waals surface area contributed by atoms with E-state index in [1.165, 1.54) is 35.1 Å². The average Bonchev–Trinajstić information content (AvgIpc) is 2.99. The third-order valence-corrected chi connectivity index (χ3v) is 8.57. The second kappa shape index (κ2) is 7.64. The van der Waals surface area contributed by atoms with Gasteiger partial charge in [-0.15, -0.1) is 0 Å². The number of aromatic nitrogens is 2. The quantitative estimate of drug-likeness (QED) is 0.775. The van der Waals surface area contributed by atoms with Gasteiger partial charge in [0.2, 0.25) is 0 Å². The van der Waals surface area contributed by atoms with Crippen LogP contribution in [-0.2, 0) is 6.54 Å². The Morgan fingerprint density at radius 2 is 1.89 bits per heavy atom. The van der Waals surface area contributed by atoms with Crippen molar-refractivity contribution < 1.29 is 0 Å². The molecule has 0 radical (unpaired) electrons. The highest BCUT2D eigenvalue weighted by Gasteiger charge is 2.37. The zero-order valence-electron chi connectivity index (χ0n) is 15.4. The standard InChI is InChI=1S/C21H25N3OS2/c25-21-8-17(16-2-1-3-22-9-16)7-20-18-6-15(11-24(20)21)10-23(12-18)19-13-26-4-5-27-14-19/h1-3,7-9,15,18-19H,4-6,10-14H2/t15-,18+/m0/s1. The van der Waals surface area contributed by atoms with Gasteiger partial charge in [0.15, 0.2) is 0 Å². The predicted octanol–water partition coefficient (Wildman–Crippen LogP) is 3.18. The lowest BCUT2D eigenvalue weighted by Crippen LogP contribution is -2.51. The molecule has 0 N–H and O–H groups in total. The van der Waals surface area contributed by atoms with Gasteiger partial charge in [-0.05, 0) is 30.0 Å². The lowest BCUT2D eigenvalue weighted by Gasteiger charge is -2.45. The molecule has 3 aliphatic heterocycles. The van der Waals surface area contributed by atoms with Crippen LogP contribution in [0, 0.1) is 5.92 Å². The van der Waals surface area contributed by atoms with E-state index in [0.29, 0.717) is 17.9 Å². The van der Waals surface area contributed by atoms with Gasteiger partial charge in [-0.1, -0.05) is 6.07 Å². The van der Waals surface area contributed by atoms with E-state index in [1.807, 2.05) is 22.9 Å². The number of likely N-dealkylation sites (tertiary alicyclic amines) is 1. The summed E-state index contributed by atoms with van der Waals surface area (Å²) in [6.45, 7) is 3.12. The van der Waals surface area contributed by atoms with Crippen LogP contribution in [0.15, 0.2) is 41.5 Å². The minimum absolute atomic E-state index is 0.148. The highest BCUT2D eigenvalue weighted by atomic mass is 32.2. The van der Waals surface area contributed by atoms with E-state index in [4.69, 9.17) is 0 Å². The molecule has 0 amide bonds. The van der Waals surface area contributed by atoms with Crippen molar-refractivity contribution in [3.63, 3.8) is 0 Å². The molecule has 0 spiro atoms. The molecule has 0 saturated carbocycles. The van der Waals surface area contributed by atoms with Crippen molar-refractivity contribution in [1.82, 2.24) is 14.5 Å². The molecule has 2 aromatic heterocycles. The van der Waals surface area contributed by atoms with Crippen LogP contribution in [0.25, 0.3) is 11.1 Å². The van der Waals surface area contributed by atoms with E-state index in [-0.39, 0.29) is 5.56 Å². The summed E-state index contributed by atoms with van der Waals surface area (Å²) < 4.78 is 2.05. The number of nitrogens with zero attached hydrogens (tertiary/aromatic N) is 3. The Hall–Kier alpha value is -1.24. The molecular weight excluding hydrogens is 374 g/mol. The molecule has 2 fully saturated rings. The topological polar surface area (TPSA) is 38.1 Å². The molecule has 5 rings (SSSR count). The Labute approximate surface area is 168 Å². The van der Waals surface area contributed by atoms with Crippen molar-refractivity contribution in [2.24, 2.45) is 5.92 Å². The molecule has 5 heterocycles. The van der Waals surface area contributed by atoms with Gasteiger partial charge in [-0.2, -0.15) is 23.5 Å². The molecule has 2 bridgehead atoms. The molecule has 2 atom stereocenters. The summed E-state index contributed by atoms with van der Waals surface area (Å²) in [5.74, 6) is 6.17. The molecular formula is C21H25N3OS2. The summed E-state index contributed by atoms with van der Waals surface area (Å²) in [6.07, 6.45) is 4.85. The van der Waals surface area contributed by atoms with Crippen LogP contribution in [-0.4, -0.2) is 56.6 Å². The number of thioether (sulfide) groups is 2. The van der Waals surface area contributed by atoms with Gasteiger partial charge in [-0.3, -0.25) is 14.7 Å². The van der Waals surface area contributed by atoms with Gasteiger partial charge in [0.1, 0.15) is 0 Å². The van der Waals surface area contributed by atoms with E-state index < -0.39 is 0 Å². The summed E-state index contributed by atoms with van der Waals surface area (Å²) in [5.41, 5.74) is 3.42. The van der Waals surface area contributed by atoms with E-state index >= 15 is 0 Å².